The van der Waals surface area contributed by atoms with Crippen molar-refractivity contribution in [2.75, 3.05) is 13.2 Å². The number of ether oxygens (including phenoxy) is 1. The van der Waals surface area contributed by atoms with E-state index in [2.05, 4.69) is 12.1 Å². The molecule has 0 aliphatic carbocycles. The molecular formula is C13H17N3O3. The van der Waals surface area contributed by atoms with Crippen molar-refractivity contribution in [1.29, 1.82) is 0 Å². The van der Waals surface area contributed by atoms with Crippen molar-refractivity contribution in [2.45, 2.75) is 27.3 Å². The third-order valence-corrected chi connectivity index (χ3v) is 3.43. The van der Waals surface area contributed by atoms with Gasteiger partial charge in [0, 0.05) is 29.9 Å². The first kappa shape index (κ1) is 12.2. The fourth-order valence-electron chi connectivity index (χ4n) is 2.42. The molecule has 3 rings (SSSR count). The Morgan fingerprint density at radius 1 is 1.42 bits per heavy atom. The molecule has 2 aromatic rings. The molecule has 0 radical (unpaired) electrons. The highest BCUT2D eigenvalue weighted by Crippen LogP contribution is 2.28. The van der Waals surface area contributed by atoms with E-state index in [0.29, 0.717) is 31.3 Å². The van der Waals surface area contributed by atoms with E-state index in [4.69, 9.17) is 9.26 Å². The van der Waals surface area contributed by atoms with Crippen molar-refractivity contribution < 1.29 is 9.26 Å². The molecule has 19 heavy (non-hydrogen) atoms. The van der Waals surface area contributed by atoms with E-state index in [-0.39, 0.29) is 11.1 Å². The van der Waals surface area contributed by atoms with Gasteiger partial charge in [0.15, 0.2) is 5.82 Å². The summed E-state index contributed by atoms with van der Waals surface area (Å²) in [5.74, 6) is 1.22. The minimum atomic E-state index is -0.0843. The van der Waals surface area contributed by atoms with Gasteiger partial charge < -0.3 is 9.26 Å². The van der Waals surface area contributed by atoms with E-state index >= 15 is 0 Å². The molecule has 0 atom stereocenters. The van der Waals surface area contributed by atoms with Crippen LogP contribution in [0.15, 0.2) is 21.6 Å². The number of rotatable bonds is 3. The van der Waals surface area contributed by atoms with E-state index in [0.717, 1.165) is 5.69 Å². The molecule has 6 heteroatoms. The van der Waals surface area contributed by atoms with Crippen molar-refractivity contribution in [3.8, 4) is 5.82 Å². The second-order valence-electron chi connectivity index (χ2n) is 5.62. The predicted molar refractivity (Wildman–Crippen MR) is 68.5 cm³/mol. The SMILES string of the molecule is Cc1cc(-n2c(C)cn(CC3(C)COC3)c2=O)no1. The summed E-state index contributed by atoms with van der Waals surface area (Å²) in [6.07, 6.45) is 1.86. The monoisotopic (exact) mass is 263 g/mol. The Morgan fingerprint density at radius 2 is 2.16 bits per heavy atom. The van der Waals surface area contributed by atoms with Crippen molar-refractivity contribution in [1.82, 2.24) is 14.3 Å². The van der Waals surface area contributed by atoms with Gasteiger partial charge in [0.2, 0.25) is 0 Å². The molecular weight excluding hydrogens is 246 g/mol. The zero-order chi connectivity index (χ0) is 13.6. The highest BCUT2D eigenvalue weighted by Gasteiger charge is 2.34. The van der Waals surface area contributed by atoms with Gasteiger partial charge in [-0.05, 0) is 13.8 Å². The minimum Gasteiger partial charge on any atom is -0.380 e. The Bertz CT molecular complexity index is 661. The van der Waals surface area contributed by atoms with Crippen molar-refractivity contribution >= 4 is 0 Å². The zero-order valence-corrected chi connectivity index (χ0v) is 11.3. The quantitative estimate of drug-likeness (QED) is 0.837. The average molecular weight is 263 g/mol. The van der Waals surface area contributed by atoms with Gasteiger partial charge in [0.05, 0.1) is 13.2 Å². The van der Waals surface area contributed by atoms with Crippen molar-refractivity contribution in [3.63, 3.8) is 0 Å². The van der Waals surface area contributed by atoms with Gasteiger partial charge >= 0.3 is 5.69 Å². The molecule has 1 saturated heterocycles. The molecule has 0 amide bonds. The second-order valence-corrected chi connectivity index (χ2v) is 5.62. The first-order valence-corrected chi connectivity index (χ1v) is 6.29. The van der Waals surface area contributed by atoms with Gasteiger partial charge in [-0.3, -0.25) is 4.57 Å². The molecule has 6 nitrogen and oxygen atoms in total. The van der Waals surface area contributed by atoms with E-state index in [1.807, 2.05) is 13.1 Å². The average Bonchev–Trinajstić information content (AvgIpc) is 2.82. The highest BCUT2D eigenvalue weighted by molar-refractivity contribution is 5.25. The highest BCUT2D eigenvalue weighted by atomic mass is 16.5. The van der Waals surface area contributed by atoms with Crippen LogP contribution >= 0.6 is 0 Å². The summed E-state index contributed by atoms with van der Waals surface area (Å²) < 4.78 is 13.6. The Kier molecular flexibility index (Phi) is 2.63. The molecule has 3 heterocycles. The van der Waals surface area contributed by atoms with Crippen LogP contribution in [-0.4, -0.2) is 27.5 Å². The molecule has 102 valence electrons. The molecule has 0 N–H and O–H groups in total. The standard InChI is InChI=1S/C13H17N3O3/c1-9-5-15(6-13(3)7-18-8-13)12(17)16(9)11-4-10(2)19-14-11/h4-5H,6-8H2,1-3H3. The smallest absolute Gasteiger partial charge is 0.334 e. The van der Waals surface area contributed by atoms with Crippen LogP contribution in [-0.2, 0) is 11.3 Å². The molecule has 0 unspecified atom stereocenters. The van der Waals surface area contributed by atoms with E-state index < -0.39 is 0 Å². The lowest BCUT2D eigenvalue weighted by Crippen LogP contribution is -2.45. The van der Waals surface area contributed by atoms with E-state index in [1.54, 1.807) is 22.1 Å². The van der Waals surface area contributed by atoms with Crippen molar-refractivity contribution in [2.24, 2.45) is 5.41 Å². The number of hydrogen-bond donors (Lipinski definition) is 0. The van der Waals surface area contributed by atoms with Crippen LogP contribution < -0.4 is 5.69 Å². The van der Waals surface area contributed by atoms with E-state index in [1.165, 1.54) is 0 Å². The minimum absolute atomic E-state index is 0.0577. The number of hydrogen-bond acceptors (Lipinski definition) is 4. The van der Waals surface area contributed by atoms with Crippen LogP contribution in [0.3, 0.4) is 0 Å². The molecule has 0 spiro atoms. The van der Waals surface area contributed by atoms with Crippen LogP contribution in [0.2, 0.25) is 0 Å². The maximum absolute atomic E-state index is 12.4. The topological polar surface area (TPSA) is 62.2 Å². The maximum Gasteiger partial charge on any atom is 0.334 e. The van der Waals surface area contributed by atoms with Crippen LogP contribution in [0.1, 0.15) is 18.4 Å². The number of aryl methyl sites for hydroxylation is 2. The molecule has 0 aromatic carbocycles. The molecule has 2 aromatic heterocycles. The summed E-state index contributed by atoms with van der Waals surface area (Å²) >= 11 is 0. The maximum atomic E-state index is 12.4. The van der Waals surface area contributed by atoms with Gasteiger partial charge in [-0.1, -0.05) is 12.1 Å². The van der Waals surface area contributed by atoms with Crippen LogP contribution in [0.5, 0.6) is 0 Å². The van der Waals surface area contributed by atoms with Gasteiger partial charge in [-0.2, -0.15) is 0 Å². The molecule has 0 bridgehead atoms. The summed E-state index contributed by atoms with van der Waals surface area (Å²) in [4.78, 5) is 12.4. The summed E-state index contributed by atoms with van der Waals surface area (Å²) in [6, 6.07) is 1.76. The third kappa shape index (κ3) is 2.02. The molecule has 1 aliphatic heterocycles. The Labute approximate surface area is 110 Å². The van der Waals surface area contributed by atoms with Crippen LogP contribution in [0.25, 0.3) is 5.82 Å². The van der Waals surface area contributed by atoms with Gasteiger partial charge in [-0.25, -0.2) is 9.36 Å². The summed E-state index contributed by atoms with van der Waals surface area (Å²) in [5.41, 5.74) is 0.823. The number of imidazole rings is 1. The summed E-state index contributed by atoms with van der Waals surface area (Å²) in [5, 5.41) is 3.90. The van der Waals surface area contributed by atoms with Crippen LogP contribution in [0, 0.1) is 19.3 Å². The van der Waals surface area contributed by atoms with Crippen molar-refractivity contribution in [3.05, 3.63) is 34.2 Å². The Morgan fingerprint density at radius 3 is 2.68 bits per heavy atom. The van der Waals surface area contributed by atoms with Gasteiger partial charge in [0.1, 0.15) is 5.76 Å². The largest absolute Gasteiger partial charge is 0.380 e. The predicted octanol–water partition coefficient (Wildman–Crippen LogP) is 1.28. The normalized spacial score (nSPS) is 17.4. The summed E-state index contributed by atoms with van der Waals surface area (Å²) in [6.45, 7) is 7.88. The molecule has 1 fully saturated rings. The second kappa shape index (κ2) is 4.09. The first-order chi connectivity index (χ1) is 8.98. The summed E-state index contributed by atoms with van der Waals surface area (Å²) in [7, 11) is 0. The Balaban J connectivity index is 1.98. The third-order valence-electron chi connectivity index (χ3n) is 3.43. The fraction of sp³-hybridized carbons (Fsp3) is 0.538. The van der Waals surface area contributed by atoms with Gasteiger partial charge in [-0.15, -0.1) is 0 Å². The number of nitrogens with zero attached hydrogens (tertiary/aromatic N) is 3. The van der Waals surface area contributed by atoms with E-state index in [9.17, 15) is 4.79 Å². The molecule has 0 saturated carbocycles. The lowest BCUT2D eigenvalue weighted by Gasteiger charge is -2.37. The first-order valence-electron chi connectivity index (χ1n) is 6.29. The Hall–Kier alpha value is -1.82. The lowest BCUT2D eigenvalue weighted by molar-refractivity contribution is -0.110. The van der Waals surface area contributed by atoms with Gasteiger partial charge in [0.25, 0.3) is 0 Å². The number of aromatic nitrogens is 3. The van der Waals surface area contributed by atoms with Crippen LogP contribution in [0.4, 0.5) is 0 Å². The zero-order valence-electron chi connectivity index (χ0n) is 11.3. The lowest BCUT2D eigenvalue weighted by atomic mass is 9.89. The molecule has 1 aliphatic rings. The fourth-order valence-corrected chi connectivity index (χ4v) is 2.42.